The molecule has 2 saturated heterocycles. The summed E-state index contributed by atoms with van der Waals surface area (Å²) in [6.45, 7) is 3.88. The Bertz CT molecular complexity index is 420. The monoisotopic (exact) mass is 252 g/mol. The summed E-state index contributed by atoms with van der Waals surface area (Å²) >= 11 is 1.47. The van der Waals surface area contributed by atoms with Crippen molar-refractivity contribution in [2.24, 2.45) is 11.8 Å². The molecule has 0 saturated carbocycles. The lowest BCUT2D eigenvalue weighted by molar-refractivity contribution is 0.0783. The van der Waals surface area contributed by atoms with Gasteiger partial charge in [-0.2, -0.15) is 0 Å². The summed E-state index contributed by atoms with van der Waals surface area (Å²) < 4.78 is 5.21. The Hall–Kier alpha value is -1.07. The van der Waals surface area contributed by atoms with Crippen LogP contribution in [0.25, 0.3) is 0 Å². The van der Waals surface area contributed by atoms with Crippen LogP contribution in [-0.2, 0) is 0 Å². The first-order chi connectivity index (χ1) is 8.29. The van der Waals surface area contributed by atoms with E-state index in [9.17, 15) is 4.79 Å². The van der Waals surface area contributed by atoms with Crippen LogP contribution >= 0.6 is 11.3 Å². The van der Waals surface area contributed by atoms with Crippen LogP contribution in [0.15, 0.2) is 11.4 Å². The van der Waals surface area contributed by atoms with Gasteiger partial charge in [0, 0.05) is 26.2 Å². The van der Waals surface area contributed by atoms with E-state index in [2.05, 4.69) is 5.32 Å². The molecule has 1 aromatic heterocycles. The largest absolute Gasteiger partial charge is 0.495 e. The number of likely N-dealkylation sites (tertiary alicyclic amines) is 1. The van der Waals surface area contributed by atoms with Crippen molar-refractivity contribution in [2.75, 3.05) is 33.3 Å². The van der Waals surface area contributed by atoms with Crippen LogP contribution in [0.2, 0.25) is 0 Å². The van der Waals surface area contributed by atoms with E-state index < -0.39 is 0 Å². The molecule has 17 heavy (non-hydrogen) atoms. The molecule has 2 atom stereocenters. The highest BCUT2D eigenvalue weighted by atomic mass is 32.1. The van der Waals surface area contributed by atoms with E-state index in [0.717, 1.165) is 31.1 Å². The van der Waals surface area contributed by atoms with Crippen molar-refractivity contribution in [1.82, 2.24) is 10.2 Å². The lowest BCUT2D eigenvalue weighted by atomic mass is 10.0. The molecule has 1 aromatic rings. The minimum atomic E-state index is 0.131. The number of nitrogens with zero attached hydrogens (tertiary/aromatic N) is 1. The van der Waals surface area contributed by atoms with Crippen LogP contribution in [0.4, 0.5) is 0 Å². The average molecular weight is 252 g/mol. The molecule has 2 fully saturated rings. The first-order valence-electron chi connectivity index (χ1n) is 5.91. The first kappa shape index (κ1) is 11.0. The SMILES string of the molecule is COc1ccsc1C(=O)N1CC2CNCC2C1. The van der Waals surface area contributed by atoms with Gasteiger partial charge >= 0.3 is 0 Å². The second-order valence-corrected chi connectivity index (χ2v) is 5.62. The van der Waals surface area contributed by atoms with E-state index in [1.807, 2.05) is 16.3 Å². The number of fused-ring (bicyclic) bond motifs is 1. The molecule has 2 aliphatic rings. The number of ether oxygens (including phenoxy) is 1. The van der Waals surface area contributed by atoms with Crippen LogP contribution in [0, 0.1) is 11.8 Å². The van der Waals surface area contributed by atoms with Crippen LogP contribution in [0.3, 0.4) is 0 Å². The van der Waals surface area contributed by atoms with Gasteiger partial charge in [-0.05, 0) is 23.3 Å². The van der Waals surface area contributed by atoms with Crippen LogP contribution in [0.1, 0.15) is 9.67 Å². The zero-order valence-electron chi connectivity index (χ0n) is 9.81. The number of carbonyl (C=O) groups excluding carboxylic acids is 1. The van der Waals surface area contributed by atoms with Crippen LogP contribution in [-0.4, -0.2) is 44.1 Å². The van der Waals surface area contributed by atoms with E-state index in [1.54, 1.807) is 7.11 Å². The van der Waals surface area contributed by atoms with Gasteiger partial charge in [-0.25, -0.2) is 0 Å². The Morgan fingerprint density at radius 2 is 2.18 bits per heavy atom. The molecular formula is C12H16N2O2S. The zero-order valence-corrected chi connectivity index (χ0v) is 10.6. The summed E-state index contributed by atoms with van der Waals surface area (Å²) in [6.07, 6.45) is 0. The molecule has 3 heterocycles. The van der Waals surface area contributed by atoms with Gasteiger partial charge in [-0.3, -0.25) is 4.79 Å². The summed E-state index contributed by atoms with van der Waals surface area (Å²) in [6, 6.07) is 1.86. The molecule has 4 nitrogen and oxygen atoms in total. The minimum absolute atomic E-state index is 0.131. The smallest absolute Gasteiger partial charge is 0.267 e. The third-order valence-corrected chi connectivity index (χ3v) is 4.60. The highest BCUT2D eigenvalue weighted by molar-refractivity contribution is 7.12. The number of rotatable bonds is 2. The predicted molar refractivity (Wildman–Crippen MR) is 66.6 cm³/mol. The van der Waals surface area contributed by atoms with Gasteiger partial charge in [-0.1, -0.05) is 0 Å². The quantitative estimate of drug-likeness (QED) is 0.855. The zero-order chi connectivity index (χ0) is 11.8. The van der Waals surface area contributed by atoms with E-state index >= 15 is 0 Å². The Labute approximate surface area is 105 Å². The minimum Gasteiger partial charge on any atom is -0.495 e. The van der Waals surface area contributed by atoms with Crippen molar-refractivity contribution in [3.63, 3.8) is 0 Å². The van der Waals surface area contributed by atoms with Gasteiger partial charge in [0.2, 0.25) is 0 Å². The number of hydrogen-bond donors (Lipinski definition) is 1. The predicted octanol–water partition coefficient (Wildman–Crippen LogP) is 1.05. The third-order valence-electron chi connectivity index (χ3n) is 3.72. The second-order valence-electron chi connectivity index (χ2n) is 4.71. The summed E-state index contributed by atoms with van der Waals surface area (Å²) in [5.41, 5.74) is 0. The summed E-state index contributed by atoms with van der Waals surface area (Å²) in [5, 5.41) is 5.29. The van der Waals surface area contributed by atoms with Crippen molar-refractivity contribution in [2.45, 2.75) is 0 Å². The van der Waals surface area contributed by atoms with Gasteiger partial charge < -0.3 is 15.0 Å². The van der Waals surface area contributed by atoms with Crippen molar-refractivity contribution in [3.8, 4) is 5.75 Å². The highest BCUT2D eigenvalue weighted by Crippen LogP contribution is 2.31. The second kappa shape index (κ2) is 4.31. The fraction of sp³-hybridized carbons (Fsp3) is 0.583. The standard InChI is InChI=1S/C12H16N2O2S/c1-16-10-2-3-17-11(10)12(15)14-6-8-4-13-5-9(8)7-14/h2-3,8-9,13H,4-7H2,1H3. The maximum atomic E-state index is 12.4. The Morgan fingerprint density at radius 3 is 2.82 bits per heavy atom. The highest BCUT2D eigenvalue weighted by Gasteiger charge is 2.38. The Morgan fingerprint density at radius 1 is 1.47 bits per heavy atom. The number of methoxy groups -OCH3 is 1. The van der Waals surface area contributed by atoms with E-state index in [1.165, 1.54) is 11.3 Å². The van der Waals surface area contributed by atoms with Crippen molar-refractivity contribution >= 4 is 17.2 Å². The van der Waals surface area contributed by atoms with Crippen molar-refractivity contribution in [1.29, 1.82) is 0 Å². The lowest BCUT2D eigenvalue weighted by Gasteiger charge is -2.17. The Kier molecular flexibility index (Phi) is 2.80. The van der Waals surface area contributed by atoms with E-state index in [0.29, 0.717) is 17.6 Å². The van der Waals surface area contributed by atoms with Gasteiger partial charge in [0.15, 0.2) is 0 Å². The number of nitrogens with one attached hydrogen (secondary N) is 1. The molecule has 0 spiro atoms. The van der Waals surface area contributed by atoms with Crippen LogP contribution < -0.4 is 10.1 Å². The molecular weight excluding hydrogens is 236 g/mol. The topological polar surface area (TPSA) is 41.6 Å². The lowest BCUT2D eigenvalue weighted by Crippen LogP contribution is -2.31. The third kappa shape index (κ3) is 1.83. The molecule has 0 radical (unpaired) electrons. The molecule has 0 aromatic carbocycles. The fourth-order valence-corrected chi connectivity index (χ4v) is 3.60. The number of hydrogen-bond acceptors (Lipinski definition) is 4. The fourth-order valence-electron chi connectivity index (χ4n) is 2.78. The summed E-state index contributed by atoms with van der Waals surface area (Å²) in [7, 11) is 1.61. The van der Waals surface area contributed by atoms with Crippen molar-refractivity contribution in [3.05, 3.63) is 16.3 Å². The molecule has 1 amide bonds. The van der Waals surface area contributed by atoms with Gasteiger partial charge in [0.1, 0.15) is 10.6 Å². The van der Waals surface area contributed by atoms with Gasteiger partial charge in [0.05, 0.1) is 7.11 Å². The number of carbonyl (C=O) groups is 1. The molecule has 1 N–H and O–H groups in total. The Balaban J connectivity index is 1.75. The maximum Gasteiger partial charge on any atom is 0.267 e. The maximum absolute atomic E-state index is 12.4. The van der Waals surface area contributed by atoms with E-state index in [-0.39, 0.29) is 5.91 Å². The first-order valence-corrected chi connectivity index (χ1v) is 6.79. The molecule has 0 bridgehead atoms. The molecule has 0 aliphatic carbocycles. The normalized spacial score (nSPS) is 27.2. The molecule has 2 aliphatic heterocycles. The molecule has 5 heteroatoms. The van der Waals surface area contributed by atoms with E-state index in [4.69, 9.17) is 4.74 Å². The molecule has 2 unspecified atom stereocenters. The number of amides is 1. The van der Waals surface area contributed by atoms with Gasteiger partial charge in [0.25, 0.3) is 5.91 Å². The molecule has 92 valence electrons. The summed E-state index contributed by atoms with van der Waals surface area (Å²) in [4.78, 5) is 15.1. The van der Waals surface area contributed by atoms with Crippen LogP contribution in [0.5, 0.6) is 5.75 Å². The summed E-state index contributed by atoms with van der Waals surface area (Å²) in [5.74, 6) is 2.12. The van der Waals surface area contributed by atoms with Crippen molar-refractivity contribution < 1.29 is 9.53 Å². The molecule has 3 rings (SSSR count). The van der Waals surface area contributed by atoms with Gasteiger partial charge in [-0.15, -0.1) is 11.3 Å². The average Bonchev–Trinajstić information content (AvgIpc) is 3.02. The number of thiophene rings is 1.